The number of hydrogen-bond acceptors (Lipinski definition) is 2. The van der Waals surface area contributed by atoms with Gasteiger partial charge in [-0.2, -0.15) is 5.10 Å². The summed E-state index contributed by atoms with van der Waals surface area (Å²) in [5.41, 5.74) is 2.77. The van der Waals surface area contributed by atoms with Crippen LogP contribution in [0.2, 0.25) is 0 Å². The Morgan fingerprint density at radius 3 is 2.86 bits per heavy atom. The standard InChI is InChI=1S/C16H13FN2O2/c1-10-7-12(17)6-5-11(10)9-19-15-4-2-3-13(16(20)21)14(15)8-18-19/h2-8H,9H2,1H3,(H,20,21). The number of aryl methyl sites for hydroxylation is 1. The van der Waals surface area contributed by atoms with Crippen molar-refractivity contribution in [3.05, 3.63) is 65.1 Å². The number of halogens is 1. The van der Waals surface area contributed by atoms with Crippen LogP contribution in [0.25, 0.3) is 10.9 Å². The molecule has 0 spiro atoms. The lowest BCUT2D eigenvalue weighted by Gasteiger charge is -2.07. The molecule has 0 aliphatic rings. The maximum Gasteiger partial charge on any atom is 0.336 e. The number of benzene rings is 2. The van der Waals surface area contributed by atoms with E-state index in [0.717, 1.165) is 16.6 Å². The van der Waals surface area contributed by atoms with Crippen molar-refractivity contribution < 1.29 is 14.3 Å². The van der Waals surface area contributed by atoms with Gasteiger partial charge in [0.15, 0.2) is 0 Å². The van der Waals surface area contributed by atoms with Gasteiger partial charge in [-0.05, 0) is 42.3 Å². The van der Waals surface area contributed by atoms with Crippen LogP contribution in [0.15, 0.2) is 42.6 Å². The predicted molar refractivity (Wildman–Crippen MR) is 76.9 cm³/mol. The summed E-state index contributed by atoms with van der Waals surface area (Å²) in [5.74, 6) is -1.24. The normalized spacial score (nSPS) is 11.0. The van der Waals surface area contributed by atoms with E-state index in [1.807, 2.05) is 13.0 Å². The Labute approximate surface area is 120 Å². The lowest BCUT2D eigenvalue weighted by molar-refractivity contribution is 0.0699. The highest BCUT2D eigenvalue weighted by atomic mass is 19.1. The van der Waals surface area contributed by atoms with Crippen molar-refractivity contribution in [2.45, 2.75) is 13.5 Å². The Hall–Kier alpha value is -2.69. The van der Waals surface area contributed by atoms with Gasteiger partial charge >= 0.3 is 5.97 Å². The number of carbonyl (C=O) groups is 1. The van der Waals surface area contributed by atoms with Crippen molar-refractivity contribution in [1.82, 2.24) is 9.78 Å². The fourth-order valence-corrected chi connectivity index (χ4v) is 2.41. The van der Waals surface area contributed by atoms with Gasteiger partial charge in [-0.25, -0.2) is 9.18 Å². The van der Waals surface area contributed by atoms with E-state index >= 15 is 0 Å². The molecular formula is C16H13FN2O2. The molecular weight excluding hydrogens is 271 g/mol. The summed E-state index contributed by atoms with van der Waals surface area (Å²) in [6.45, 7) is 2.31. The highest BCUT2D eigenvalue weighted by Gasteiger charge is 2.12. The number of hydrogen-bond donors (Lipinski definition) is 1. The zero-order valence-electron chi connectivity index (χ0n) is 11.4. The van der Waals surface area contributed by atoms with Crippen LogP contribution in [0.4, 0.5) is 4.39 Å². The van der Waals surface area contributed by atoms with E-state index in [1.54, 1.807) is 29.1 Å². The molecule has 1 heterocycles. The average molecular weight is 284 g/mol. The van der Waals surface area contributed by atoms with E-state index < -0.39 is 5.97 Å². The first-order valence-corrected chi connectivity index (χ1v) is 6.49. The van der Waals surface area contributed by atoms with Gasteiger partial charge in [0.2, 0.25) is 0 Å². The smallest absolute Gasteiger partial charge is 0.336 e. The average Bonchev–Trinajstić information content (AvgIpc) is 2.85. The van der Waals surface area contributed by atoms with Gasteiger partial charge < -0.3 is 5.11 Å². The molecule has 4 nitrogen and oxygen atoms in total. The Bertz CT molecular complexity index is 839. The summed E-state index contributed by atoms with van der Waals surface area (Å²) in [6, 6.07) is 9.69. The summed E-state index contributed by atoms with van der Waals surface area (Å²) in [4.78, 5) is 11.2. The van der Waals surface area contributed by atoms with E-state index in [-0.39, 0.29) is 11.4 Å². The quantitative estimate of drug-likeness (QED) is 0.803. The molecule has 1 aromatic heterocycles. The molecule has 0 fully saturated rings. The molecule has 3 aromatic rings. The van der Waals surface area contributed by atoms with Crippen molar-refractivity contribution in [3.8, 4) is 0 Å². The number of fused-ring (bicyclic) bond motifs is 1. The van der Waals surface area contributed by atoms with Crippen LogP contribution in [0, 0.1) is 12.7 Å². The van der Waals surface area contributed by atoms with Crippen LogP contribution in [0.1, 0.15) is 21.5 Å². The molecule has 0 atom stereocenters. The molecule has 106 valence electrons. The number of rotatable bonds is 3. The second-order valence-electron chi connectivity index (χ2n) is 4.92. The third kappa shape index (κ3) is 2.38. The Balaban J connectivity index is 2.06. The number of nitrogens with zero attached hydrogens (tertiary/aromatic N) is 2. The van der Waals surface area contributed by atoms with Crippen molar-refractivity contribution in [1.29, 1.82) is 0 Å². The third-order valence-electron chi connectivity index (χ3n) is 3.54. The van der Waals surface area contributed by atoms with Gasteiger partial charge in [0, 0.05) is 5.39 Å². The number of aromatic nitrogens is 2. The fourth-order valence-electron chi connectivity index (χ4n) is 2.41. The molecule has 0 saturated heterocycles. The van der Waals surface area contributed by atoms with Crippen LogP contribution >= 0.6 is 0 Å². The molecule has 0 aliphatic heterocycles. The summed E-state index contributed by atoms with van der Waals surface area (Å²) in [6.07, 6.45) is 1.55. The Morgan fingerprint density at radius 1 is 1.33 bits per heavy atom. The largest absolute Gasteiger partial charge is 0.478 e. The van der Waals surface area contributed by atoms with Gasteiger partial charge in [0.05, 0.1) is 23.8 Å². The van der Waals surface area contributed by atoms with E-state index in [2.05, 4.69) is 5.10 Å². The zero-order valence-corrected chi connectivity index (χ0v) is 11.4. The van der Waals surface area contributed by atoms with Crippen LogP contribution in [0.3, 0.4) is 0 Å². The molecule has 0 unspecified atom stereocenters. The summed E-state index contributed by atoms with van der Waals surface area (Å²) in [5, 5.41) is 14.0. The molecule has 0 saturated carbocycles. The van der Waals surface area contributed by atoms with Gasteiger partial charge in [-0.3, -0.25) is 4.68 Å². The van der Waals surface area contributed by atoms with Crippen molar-refractivity contribution in [2.24, 2.45) is 0 Å². The van der Waals surface area contributed by atoms with E-state index in [4.69, 9.17) is 0 Å². The minimum Gasteiger partial charge on any atom is -0.478 e. The third-order valence-corrected chi connectivity index (χ3v) is 3.54. The summed E-state index contributed by atoms with van der Waals surface area (Å²) in [7, 11) is 0. The molecule has 5 heteroatoms. The Kier molecular flexibility index (Phi) is 3.17. The first-order chi connectivity index (χ1) is 10.1. The maximum absolute atomic E-state index is 13.1. The molecule has 0 bridgehead atoms. The lowest BCUT2D eigenvalue weighted by atomic mass is 10.1. The van der Waals surface area contributed by atoms with Crippen molar-refractivity contribution in [2.75, 3.05) is 0 Å². The molecule has 0 aliphatic carbocycles. The van der Waals surface area contributed by atoms with Crippen molar-refractivity contribution in [3.63, 3.8) is 0 Å². The Morgan fingerprint density at radius 2 is 2.14 bits per heavy atom. The van der Waals surface area contributed by atoms with E-state index in [0.29, 0.717) is 11.9 Å². The van der Waals surface area contributed by atoms with Crippen LogP contribution in [-0.2, 0) is 6.54 Å². The number of aromatic carboxylic acids is 1. The number of carboxylic acid groups (broad SMARTS) is 1. The monoisotopic (exact) mass is 284 g/mol. The SMILES string of the molecule is Cc1cc(F)ccc1Cn1ncc2c(C(=O)O)cccc21. The lowest BCUT2D eigenvalue weighted by Crippen LogP contribution is -2.04. The second kappa shape index (κ2) is 5.01. The minimum atomic E-state index is -0.974. The molecule has 2 aromatic carbocycles. The minimum absolute atomic E-state index is 0.231. The number of carboxylic acids is 1. The van der Waals surface area contributed by atoms with Gasteiger partial charge in [-0.1, -0.05) is 12.1 Å². The first-order valence-electron chi connectivity index (χ1n) is 6.49. The highest BCUT2D eigenvalue weighted by molar-refractivity contribution is 6.02. The highest BCUT2D eigenvalue weighted by Crippen LogP contribution is 2.20. The van der Waals surface area contributed by atoms with Gasteiger partial charge in [0.1, 0.15) is 5.82 Å². The maximum atomic E-state index is 13.1. The van der Waals surface area contributed by atoms with Crippen LogP contribution in [-0.4, -0.2) is 20.9 Å². The molecule has 0 amide bonds. The predicted octanol–water partition coefficient (Wildman–Crippen LogP) is 3.23. The van der Waals surface area contributed by atoms with E-state index in [9.17, 15) is 14.3 Å². The zero-order chi connectivity index (χ0) is 15.0. The molecule has 0 radical (unpaired) electrons. The molecule has 21 heavy (non-hydrogen) atoms. The molecule has 3 rings (SSSR count). The van der Waals surface area contributed by atoms with Crippen LogP contribution < -0.4 is 0 Å². The summed E-state index contributed by atoms with van der Waals surface area (Å²) >= 11 is 0. The van der Waals surface area contributed by atoms with Gasteiger partial charge in [-0.15, -0.1) is 0 Å². The second-order valence-corrected chi connectivity index (χ2v) is 4.92. The van der Waals surface area contributed by atoms with E-state index in [1.165, 1.54) is 12.1 Å². The van der Waals surface area contributed by atoms with Gasteiger partial charge in [0.25, 0.3) is 0 Å². The molecule has 1 N–H and O–H groups in total. The van der Waals surface area contributed by atoms with Crippen LogP contribution in [0.5, 0.6) is 0 Å². The first kappa shape index (κ1) is 13.3. The fraction of sp³-hybridized carbons (Fsp3) is 0.125. The van der Waals surface area contributed by atoms with Crippen molar-refractivity contribution >= 4 is 16.9 Å². The summed E-state index contributed by atoms with van der Waals surface area (Å²) < 4.78 is 14.9. The topological polar surface area (TPSA) is 55.1 Å².